The molecule has 0 amide bonds. The van der Waals surface area contributed by atoms with Gasteiger partial charge in [0, 0.05) is 6.04 Å². The molecule has 13 heavy (non-hydrogen) atoms. The maximum absolute atomic E-state index is 5.65. The van der Waals surface area contributed by atoms with Crippen molar-refractivity contribution in [2.45, 2.75) is 53.1 Å². The van der Waals surface area contributed by atoms with Crippen LogP contribution in [0.15, 0.2) is 0 Å². The first-order chi connectivity index (χ1) is 5.86. The highest BCUT2D eigenvalue weighted by Crippen LogP contribution is 2.25. The lowest BCUT2D eigenvalue weighted by Gasteiger charge is -2.39. The van der Waals surface area contributed by atoms with Gasteiger partial charge in [0.1, 0.15) is 0 Å². The van der Waals surface area contributed by atoms with E-state index >= 15 is 0 Å². The molecule has 0 unspecified atom stereocenters. The fraction of sp³-hybridized carbons (Fsp3) is 0.833. The molecule has 0 rings (SSSR count). The van der Waals surface area contributed by atoms with E-state index in [9.17, 15) is 0 Å². The molecule has 1 N–H and O–H groups in total. The Morgan fingerprint density at radius 2 is 1.38 bits per heavy atom. The van der Waals surface area contributed by atoms with Crippen LogP contribution in [0.1, 0.15) is 41.5 Å². The maximum atomic E-state index is 5.65. The van der Waals surface area contributed by atoms with Crippen LogP contribution in [-0.2, 0) is 0 Å². The highest BCUT2D eigenvalue weighted by atomic mass is 15.0. The summed E-state index contributed by atoms with van der Waals surface area (Å²) in [5.41, 5.74) is -0.159. The molecule has 0 saturated carbocycles. The average Bonchev–Trinajstić information content (AvgIpc) is 1.98. The molecule has 0 aromatic carbocycles. The van der Waals surface area contributed by atoms with Gasteiger partial charge in [-0.2, -0.15) is 0 Å². The maximum Gasteiger partial charge on any atom is 0.0846 e. The van der Waals surface area contributed by atoms with Crippen molar-refractivity contribution in [1.82, 2.24) is 5.32 Å². The Morgan fingerprint density at radius 1 is 1.00 bits per heavy atom. The number of terminal acetylenes is 1. The zero-order valence-electron chi connectivity index (χ0n) is 9.81. The average molecular weight is 181 g/mol. The molecule has 0 aliphatic rings. The Morgan fingerprint density at radius 3 is 1.46 bits per heavy atom. The summed E-state index contributed by atoms with van der Waals surface area (Å²) in [7, 11) is 0. The molecular weight excluding hydrogens is 158 g/mol. The second-order valence-electron chi connectivity index (χ2n) is 4.62. The number of rotatable bonds is 4. The Kier molecular flexibility index (Phi) is 4.50. The molecule has 0 heterocycles. The first kappa shape index (κ1) is 12.5. The van der Waals surface area contributed by atoms with E-state index in [1.807, 2.05) is 0 Å². The zero-order chi connectivity index (χ0) is 10.6. The summed E-state index contributed by atoms with van der Waals surface area (Å²) in [6.07, 6.45) is 5.65. The lowest BCUT2D eigenvalue weighted by molar-refractivity contribution is 0.218. The predicted molar refractivity (Wildman–Crippen MR) is 59.5 cm³/mol. The van der Waals surface area contributed by atoms with E-state index in [-0.39, 0.29) is 5.54 Å². The minimum Gasteiger partial charge on any atom is -0.298 e. The standard InChI is InChI=1S/C12H23N/c1-8-12(9(2)3,10(4)5)13-11(6)7/h1,9-11,13H,2-7H3. The van der Waals surface area contributed by atoms with E-state index in [1.165, 1.54) is 0 Å². The van der Waals surface area contributed by atoms with Gasteiger partial charge in [0.15, 0.2) is 0 Å². The fourth-order valence-electron chi connectivity index (χ4n) is 1.85. The summed E-state index contributed by atoms with van der Waals surface area (Å²) >= 11 is 0. The lowest BCUT2D eigenvalue weighted by Crippen LogP contribution is -2.55. The Labute approximate surface area is 83.3 Å². The molecule has 0 fully saturated rings. The molecule has 0 aromatic heterocycles. The Hall–Kier alpha value is -0.480. The SMILES string of the molecule is C#CC(NC(C)C)(C(C)C)C(C)C. The number of nitrogens with one attached hydrogen (secondary N) is 1. The summed E-state index contributed by atoms with van der Waals surface area (Å²) in [6, 6.07) is 0.431. The van der Waals surface area contributed by atoms with Crippen molar-refractivity contribution < 1.29 is 0 Å². The van der Waals surface area contributed by atoms with E-state index in [0.717, 1.165) is 0 Å². The van der Waals surface area contributed by atoms with Gasteiger partial charge in [0.05, 0.1) is 5.54 Å². The smallest absolute Gasteiger partial charge is 0.0846 e. The van der Waals surface area contributed by atoms with Gasteiger partial charge in [-0.25, -0.2) is 0 Å². The molecule has 1 heteroatoms. The second-order valence-corrected chi connectivity index (χ2v) is 4.62. The summed E-state index contributed by atoms with van der Waals surface area (Å²) in [4.78, 5) is 0. The van der Waals surface area contributed by atoms with Crippen molar-refractivity contribution in [3.05, 3.63) is 0 Å². The number of hydrogen-bond donors (Lipinski definition) is 1. The van der Waals surface area contributed by atoms with E-state index in [2.05, 4.69) is 52.8 Å². The van der Waals surface area contributed by atoms with Gasteiger partial charge < -0.3 is 0 Å². The van der Waals surface area contributed by atoms with Gasteiger partial charge in [-0.05, 0) is 25.7 Å². The summed E-state index contributed by atoms with van der Waals surface area (Å²) < 4.78 is 0. The third kappa shape index (κ3) is 2.74. The molecule has 76 valence electrons. The van der Waals surface area contributed by atoms with Gasteiger partial charge in [0.2, 0.25) is 0 Å². The Bertz CT molecular complexity index is 176. The van der Waals surface area contributed by atoms with Gasteiger partial charge in [-0.1, -0.05) is 33.6 Å². The highest BCUT2D eigenvalue weighted by Gasteiger charge is 2.35. The van der Waals surface area contributed by atoms with E-state index < -0.39 is 0 Å². The van der Waals surface area contributed by atoms with Crippen LogP contribution in [0, 0.1) is 24.2 Å². The largest absolute Gasteiger partial charge is 0.298 e. The van der Waals surface area contributed by atoms with Crippen LogP contribution < -0.4 is 5.32 Å². The normalized spacial score (nSPS) is 12.6. The molecular formula is C12H23N. The first-order valence-corrected chi connectivity index (χ1v) is 5.12. The van der Waals surface area contributed by atoms with Crippen LogP contribution in [-0.4, -0.2) is 11.6 Å². The summed E-state index contributed by atoms with van der Waals surface area (Å²) in [5.74, 6) is 3.85. The minimum atomic E-state index is -0.159. The third-order valence-electron chi connectivity index (χ3n) is 2.59. The zero-order valence-corrected chi connectivity index (χ0v) is 9.81. The van der Waals surface area contributed by atoms with Gasteiger partial charge in [0.25, 0.3) is 0 Å². The van der Waals surface area contributed by atoms with Crippen LogP contribution in [0.2, 0.25) is 0 Å². The molecule has 0 bridgehead atoms. The van der Waals surface area contributed by atoms with Crippen LogP contribution >= 0.6 is 0 Å². The van der Waals surface area contributed by atoms with E-state index in [4.69, 9.17) is 6.42 Å². The minimum absolute atomic E-state index is 0.159. The van der Waals surface area contributed by atoms with Gasteiger partial charge in [-0.15, -0.1) is 6.42 Å². The molecule has 0 aromatic rings. The summed E-state index contributed by atoms with van der Waals surface area (Å²) in [6.45, 7) is 13.0. The molecule has 0 radical (unpaired) electrons. The first-order valence-electron chi connectivity index (χ1n) is 5.12. The van der Waals surface area contributed by atoms with E-state index in [0.29, 0.717) is 17.9 Å². The lowest BCUT2D eigenvalue weighted by atomic mass is 9.77. The van der Waals surface area contributed by atoms with Crippen LogP contribution in [0.25, 0.3) is 0 Å². The molecule has 0 atom stereocenters. The van der Waals surface area contributed by atoms with Gasteiger partial charge >= 0.3 is 0 Å². The topological polar surface area (TPSA) is 12.0 Å². The van der Waals surface area contributed by atoms with Crippen molar-refractivity contribution in [3.8, 4) is 12.3 Å². The van der Waals surface area contributed by atoms with Crippen molar-refractivity contribution in [2.24, 2.45) is 11.8 Å². The fourth-order valence-corrected chi connectivity index (χ4v) is 1.85. The predicted octanol–water partition coefficient (Wildman–Crippen LogP) is 2.67. The molecule has 0 spiro atoms. The third-order valence-corrected chi connectivity index (χ3v) is 2.59. The van der Waals surface area contributed by atoms with Crippen LogP contribution in [0.3, 0.4) is 0 Å². The number of hydrogen-bond acceptors (Lipinski definition) is 1. The molecule has 0 saturated heterocycles. The Balaban J connectivity index is 4.80. The quantitative estimate of drug-likeness (QED) is 0.657. The molecule has 0 aliphatic heterocycles. The second kappa shape index (κ2) is 4.67. The van der Waals surface area contributed by atoms with Gasteiger partial charge in [-0.3, -0.25) is 5.32 Å². The molecule has 1 nitrogen and oxygen atoms in total. The monoisotopic (exact) mass is 181 g/mol. The van der Waals surface area contributed by atoms with Crippen molar-refractivity contribution in [3.63, 3.8) is 0 Å². The van der Waals surface area contributed by atoms with Crippen molar-refractivity contribution >= 4 is 0 Å². The van der Waals surface area contributed by atoms with Crippen molar-refractivity contribution in [2.75, 3.05) is 0 Å². The molecule has 0 aliphatic carbocycles. The highest BCUT2D eigenvalue weighted by molar-refractivity contribution is 5.16. The van der Waals surface area contributed by atoms with Crippen LogP contribution in [0.5, 0.6) is 0 Å². The van der Waals surface area contributed by atoms with Crippen LogP contribution in [0.4, 0.5) is 0 Å². The van der Waals surface area contributed by atoms with E-state index in [1.54, 1.807) is 0 Å². The summed E-state index contributed by atoms with van der Waals surface area (Å²) in [5, 5.41) is 3.51. The van der Waals surface area contributed by atoms with Crippen molar-refractivity contribution in [1.29, 1.82) is 0 Å².